The van der Waals surface area contributed by atoms with Crippen molar-refractivity contribution in [1.82, 2.24) is 0 Å². The van der Waals surface area contributed by atoms with Crippen LogP contribution in [0, 0.1) is 0 Å². The van der Waals surface area contributed by atoms with E-state index in [2.05, 4.69) is 15.0 Å². The van der Waals surface area contributed by atoms with Crippen molar-refractivity contribution in [3.8, 4) is 5.75 Å². The van der Waals surface area contributed by atoms with Crippen LogP contribution in [0.3, 0.4) is 0 Å². The van der Waals surface area contributed by atoms with Gasteiger partial charge in [0, 0.05) is 17.8 Å². The van der Waals surface area contributed by atoms with Gasteiger partial charge in [-0.05, 0) is 42.0 Å². The fourth-order valence-corrected chi connectivity index (χ4v) is 2.33. The van der Waals surface area contributed by atoms with E-state index in [4.69, 9.17) is 22.1 Å². The van der Waals surface area contributed by atoms with Crippen molar-refractivity contribution in [2.45, 2.75) is 12.5 Å². The first-order valence-electron chi connectivity index (χ1n) is 7.48. The summed E-state index contributed by atoms with van der Waals surface area (Å²) in [5.74, 6) is -0.225. The van der Waals surface area contributed by atoms with E-state index in [0.717, 1.165) is 5.56 Å². The number of halogens is 4. The van der Waals surface area contributed by atoms with E-state index in [1.807, 2.05) is 6.07 Å². The maximum Gasteiger partial charge on any atom is 0.573 e. The van der Waals surface area contributed by atoms with Crippen LogP contribution in [0.4, 0.5) is 18.9 Å². The summed E-state index contributed by atoms with van der Waals surface area (Å²) < 4.78 is 45.6. The molecule has 0 bridgehead atoms. The molecule has 0 fully saturated rings. The monoisotopic (exact) mass is 387 g/mol. The second kappa shape index (κ2) is 8.77. The topological polar surface area (TPSA) is 68.9 Å². The van der Waals surface area contributed by atoms with Gasteiger partial charge in [0.25, 0.3) is 0 Å². The summed E-state index contributed by atoms with van der Waals surface area (Å²) in [5, 5.41) is 3.37. The normalized spacial score (nSPS) is 13.3. The smallest absolute Gasteiger partial charge is 0.406 e. The van der Waals surface area contributed by atoms with Crippen molar-refractivity contribution >= 4 is 23.2 Å². The van der Waals surface area contributed by atoms with Gasteiger partial charge in [-0.15, -0.1) is 13.2 Å². The molecule has 0 aliphatic heterocycles. The third kappa shape index (κ3) is 6.45. The number of ether oxygens (including phenoxy) is 2. The van der Waals surface area contributed by atoms with Gasteiger partial charge in [-0.25, -0.2) is 0 Å². The molecule has 0 aliphatic carbocycles. The van der Waals surface area contributed by atoms with Crippen molar-refractivity contribution in [2.24, 2.45) is 10.7 Å². The molecule has 0 amide bonds. The molecule has 2 rings (SSSR count). The summed E-state index contributed by atoms with van der Waals surface area (Å²) in [6.07, 6.45) is -5.07. The van der Waals surface area contributed by atoms with Crippen molar-refractivity contribution < 1.29 is 22.6 Å². The summed E-state index contributed by atoms with van der Waals surface area (Å²) in [5.41, 5.74) is 7.12. The first-order valence-corrected chi connectivity index (χ1v) is 7.85. The lowest BCUT2D eigenvalue weighted by Crippen LogP contribution is -2.24. The minimum absolute atomic E-state index is 0.0959. The second-order valence-corrected chi connectivity index (χ2v) is 5.64. The van der Waals surface area contributed by atoms with Gasteiger partial charge in [0.1, 0.15) is 11.9 Å². The maximum absolute atomic E-state index is 12.1. The van der Waals surface area contributed by atoms with Crippen LogP contribution in [0.15, 0.2) is 53.5 Å². The Hall–Kier alpha value is -2.45. The molecule has 0 heterocycles. The predicted molar refractivity (Wildman–Crippen MR) is 94.4 cm³/mol. The number of methoxy groups -OCH3 is 1. The maximum atomic E-state index is 12.1. The van der Waals surface area contributed by atoms with E-state index in [1.54, 1.807) is 25.3 Å². The van der Waals surface area contributed by atoms with E-state index in [-0.39, 0.29) is 24.4 Å². The first-order chi connectivity index (χ1) is 12.3. The highest BCUT2D eigenvalue weighted by Crippen LogP contribution is 2.24. The summed E-state index contributed by atoms with van der Waals surface area (Å²) in [4.78, 5) is 4.18. The lowest BCUT2D eigenvalue weighted by Gasteiger charge is -2.14. The Morgan fingerprint density at radius 2 is 1.92 bits per heavy atom. The Morgan fingerprint density at radius 3 is 2.50 bits per heavy atom. The number of benzene rings is 2. The van der Waals surface area contributed by atoms with Crippen LogP contribution in [0.1, 0.15) is 11.7 Å². The number of aliphatic imine (C=N–C) groups is 1. The van der Waals surface area contributed by atoms with Gasteiger partial charge in [-0.3, -0.25) is 4.99 Å². The van der Waals surface area contributed by atoms with Gasteiger partial charge in [0.15, 0.2) is 5.96 Å². The summed E-state index contributed by atoms with van der Waals surface area (Å²) in [6.45, 7) is 0.241. The molecule has 2 aromatic carbocycles. The number of guanidine groups is 1. The van der Waals surface area contributed by atoms with E-state index >= 15 is 0 Å². The van der Waals surface area contributed by atoms with E-state index in [0.29, 0.717) is 10.7 Å². The quantitative estimate of drug-likeness (QED) is 0.571. The molecule has 9 heteroatoms. The van der Waals surface area contributed by atoms with Crippen LogP contribution in [-0.4, -0.2) is 26.0 Å². The fraction of sp³-hybridized carbons (Fsp3) is 0.235. The first kappa shape index (κ1) is 19.9. The molecule has 140 valence electrons. The summed E-state index contributed by atoms with van der Waals surface area (Å²) >= 11 is 5.96. The number of rotatable bonds is 6. The average Bonchev–Trinajstić information content (AvgIpc) is 2.56. The minimum Gasteiger partial charge on any atom is -0.406 e. The number of nitrogens with one attached hydrogen (secondary N) is 1. The molecule has 0 spiro atoms. The molecule has 2 aromatic rings. The fourth-order valence-electron chi connectivity index (χ4n) is 2.13. The third-order valence-corrected chi connectivity index (χ3v) is 3.53. The number of nitrogens with zero attached hydrogens (tertiary/aromatic N) is 1. The lowest BCUT2D eigenvalue weighted by atomic mass is 10.1. The van der Waals surface area contributed by atoms with Gasteiger partial charge in [0.05, 0.1) is 6.54 Å². The second-order valence-electron chi connectivity index (χ2n) is 5.20. The molecule has 26 heavy (non-hydrogen) atoms. The Kier molecular flexibility index (Phi) is 6.70. The highest BCUT2D eigenvalue weighted by atomic mass is 35.5. The zero-order valence-corrected chi connectivity index (χ0v) is 14.5. The van der Waals surface area contributed by atoms with Gasteiger partial charge in [-0.1, -0.05) is 23.7 Å². The third-order valence-electron chi connectivity index (χ3n) is 3.29. The zero-order valence-electron chi connectivity index (χ0n) is 13.8. The molecule has 5 nitrogen and oxygen atoms in total. The average molecular weight is 388 g/mol. The molecule has 0 aliphatic rings. The van der Waals surface area contributed by atoms with E-state index in [9.17, 15) is 13.2 Å². The lowest BCUT2D eigenvalue weighted by molar-refractivity contribution is -0.274. The number of alkyl halides is 3. The molecule has 1 atom stereocenters. The largest absolute Gasteiger partial charge is 0.573 e. The predicted octanol–water partition coefficient (Wildman–Crippen LogP) is 4.35. The highest BCUT2D eigenvalue weighted by Gasteiger charge is 2.30. The number of anilines is 1. The molecule has 0 saturated carbocycles. The molecule has 3 N–H and O–H groups in total. The van der Waals surface area contributed by atoms with Crippen LogP contribution in [0.5, 0.6) is 5.75 Å². The van der Waals surface area contributed by atoms with Crippen molar-refractivity contribution in [1.29, 1.82) is 0 Å². The van der Waals surface area contributed by atoms with Crippen molar-refractivity contribution in [3.63, 3.8) is 0 Å². The van der Waals surface area contributed by atoms with E-state index in [1.165, 1.54) is 24.3 Å². The molecular weight excluding hydrogens is 371 g/mol. The van der Waals surface area contributed by atoms with Crippen molar-refractivity contribution in [2.75, 3.05) is 19.0 Å². The zero-order chi connectivity index (χ0) is 19.2. The summed E-state index contributed by atoms with van der Waals surface area (Å²) in [7, 11) is 1.55. The van der Waals surface area contributed by atoms with Crippen molar-refractivity contribution in [3.05, 3.63) is 59.1 Å². The number of hydrogen-bond donors (Lipinski definition) is 2. The van der Waals surface area contributed by atoms with Crippen LogP contribution in [0.25, 0.3) is 0 Å². The SMILES string of the molecule is COC(CN=C(N)Nc1ccc(OC(F)(F)F)cc1)c1cccc(Cl)c1. The molecule has 0 aromatic heterocycles. The number of hydrogen-bond acceptors (Lipinski definition) is 3. The van der Waals surface area contributed by atoms with Gasteiger partial charge >= 0.3 is 6.36 Å². The molecule has 0 saturated heterocycles. The minimum atomic E-state index is -4.73. The van der Waals surface area contributed by atoms with Gasteiger partial charge in [-0.2, -0.15) is 0 Å². The molecule has 1 unspecified atom stereocenters. The van der Waals surface area contributed by atoms with E-state index < -0.39 is 6.36 Å². The highest BCUT2D eigenvalue weighted by molar-refractivity contribution is 6.30. The Morgan fingerprint density at radius 1 is 1.23 bits per heavy atom. The standard InChI is InChI=1S/C17H17ClF3N3O2/c1-25-15(11-3-2-4-12(18)9-11)10-23-16(22)24-13-5-7-14(8-6-13)26-17(19,20)21/h2-9,15H,10H2,1H3,(H3,22,23,24). The van der Waals surface area contributed by atoms with Crippen LogP contribution < -0.4 is 15.8 Å². The Balaban J connectivity index is 1.96. The van der Waals surface area contributed by atoms with Crippen LogP contribution in [-0.2, 0) is 4.74 Å². The van der Waals surface area contributed by atoms with Gasteiger partial charge < -0.3 is 20.5 Å². The van der Waals surface area contributed by atoms with Gasteiger partial charge in [0.2, 0.25) is 0 Å². The summed E-state index contributed by atoms with van der Waals surface area (Å²) in [6, 6.07) is 12.3. The Bertz CT molecular complexity index is 752. The van der Waals surface area contributed by atoms with Crippen LogP contribution in [0.2, 0.25) is 5.02 Å². The Labute approximate surface area is 153 Å². The molecular formula is C17H17ClF3N3O2. The van der Waals surface area contributed by atoms with Crippen LogP contribution >= 0.6 is 11.6 Å². The molecule has 0 radical (unpaired) electrons. The number of nitrogens with two attached hydrogens (primary N) is 1.